The molecular formula is C20H23F3N4O3. The van der Waals surface area contributed by atoms with Gasteiger partial charge in [0.25, 0.3) is 5.91 Å². The van der Waals surface area contributed by atoms with Crippen molar-refractivity contribution in [2.75, 3.05) is 27.2 Å². The maximum atomic E-state index is 13.6. The number of halogens is 3. The van der Waals surface area contributed by atoms with E-state index in [1.54, 1.807) is 12.1 Å². The molecule has 0 spiro atoms. The second-order valence-electron chi connectivity index (χ2n) is 5.94. The lowest BCUT2D eigenvalue weighted by Gasteiger charge is -2.15. The average molecular weight is 424 g/mol. The molecular weight excluding hydrogens is 401 g/mol. The molecule has 0 bridgehead atoms. The number of rotatable bonds is 9. The van der Waals surface area contributed by atoms with Crippen LogP contribution >= 0.6 is 0 Å². The predicted molar refractivity (Wildman–Crippen MR) is 107 cm³/mol. The minimum atomic E-state index is -2.95. The van der Waals surface area contributed by atoms with E-state index in [4.69, 9.17) is 4.74 Å². The number of alkyl halides is 2. The highest BCUT2D eigenvalue weighted by molar-refractivity contribution is 5.94. The van der Waals surface area contributed by atoms with E-state index >= 15 is 0 Å². The largest absolute Gasteiger partial charge is 0.497 e. The van der Waals surface area contributed by atoms with Gasteiger partial charge in [0.05, 0.1) is 12.7 Å². The van der Waals surface area contributed by atoms with Crippen molar-refractivity contribution in [3.05, 3.63) is 59.4 Å². The molecule has 30 heavy (non-hydrogen) atoms. The highest BCUT2D eigenvalue weighted by Gasteiger charge is 2.12. The van der Waals surface area contributed by atoms with Crippen LogP contribution in [0.1, 0.15) is 15.9 Å². The van der Waals surface area contributed by atoms with E-state index in [0.29, 0.717) is 23.8 Å². The molecule has 2 rings (SSSR count). The number of nitrogens with one attached hydrogen (secondary N) is 3. The monoisotopic (exact) mass is 424 g/mol. The summed E-state index contributed by atoms with van der Waals surface area (Å²) in [5, 5.41) is 8.52. The molecule has 1 amide bonds. The van der Waals surface area contributed by atoms with Crippen molar-refractivity contribution in [3.8, 4) is 11.5 Å². The molecule has 0 radical (unpaired) electrons. The predicted octanol–water partition coefficient (Wildman–Crippen LogP) is 2.53. The molecule has 0 aliphatic carbocycles. The SMILES string of the molecule is CN=C(NCCNC(=O)c1ccccc1F)NCc1cc(OC)ccc1OC(F)F. The Morgan fingerprint density at radius 3 is 2.50 bits per heavy atom. The van der Waals surface area contributed by atoms with Gasteiger partial charge in [-0.1, -0.05) is 12.1 Å². The molecule has 0 saturated carbocycles. The number of carbonyl (C=O) groups is 1. The first-order chi connectivity index (χ1) is 14.4. The lowest BCUT2D eigenvalue weighted by molar-refractivity contribution is -0.0505. The number of benzene rings is 2. The van der Waals surface area contributed by atoms with Gasteiger partial charge >= 0.3 is 6.61 Å². The maximum absolute atomic E-state index is 13.6. The number of nitrogens with zero attached hydrogens (tertiary/aromatic N) is 1. The molecule has 10 heteroatoms. The van der Waals surface area contributed by atoms with E-state index in [1.807, 2.05) is 0 Å². The highest BCUT2D eigenvalue weighted by atomic mass is 19.3. The molecule has 0 saturated heterocycles. The summed E-state index contributed by atoms with van der Waals surface area (Å²) >= 11 is 0. The van der Waals surface area contributed by atoms with Crippen LogP contribution in [0.3, 0.4) is 0 Å². The molecule has 0 aromatic heterocycles. The quantitative estimate of drug-likeness (QED) is 0.327. The van der Waals surface area contributed by atoms with Gasteiger partial charge < -0.3 is 25.4 Å². The lowest BCUT2D eigenvalue weighted by Crippen LogP contribution is -2.41. The van der Waals surface area contributed by atoms with Gasteiger partial charge in [0.2, 0.25) is 0 Å². The standard InChI is InChI=1S/C20H23F3N4O3/c1-24-20(26-10-9-25-18(28)15-5-3-4-6-16(15)21)27-12-13-11-14(29-2)7-8-17(13)30-19(22)23/h3-8,11,19H,9-10,12H2,1-2H3,(H,25,28)(H2,24,26,27). The van der Waals surface area contributed by atoms with Crippen LogP contribution in [0, 0.1) is 5.82 Å². The smallest absolute Gasteiger partial charge is 0.387 e. The summed E-state index contributed by atoms with van der Waals surface area (Å²) in [5.74, 6) is -0.234. The molecule has 162 valence electrons. The van der Waals surface area contributed by atoms with Crippen molar-refractivity contribution >= 4 is 11.9 Å². The van der Waals surface area contributed by atoms with Gasteiger partial charge in [0, 0.05) is 32.2 Å². The third kappa shape index (κ3) is 6.87. The van der Waals surface area contributed by atoms with E-state index in [9.17, 15) is 18.0 Å². The molecule has 0 fully saturated rings. The van der Waals surface area contributed by atoms with Crippen LogP contribution in [-0.4, -0.2) is 45.7 Å². The Balaban J connectivity index is 1.85. The average Bonchev–Trinajstić information content (AvgIpc) is 2.73. The van der Waals surface area contributed by atoms with Crippen LogP contribution < -0.4 is 25.4 Å². The molecule has 0 aliphatic rings. The Bertz CT molecular complexity index is 878. The molecule has 3 N–H and O–H groups in total. The third-order valence-corrected chi connectivity index (χ3v) is 3.98. The summed E-state index contributed by atoms with van der Waals surface area (Å²) in [4.78, 5) is 16.0. The van der Waals surface area contributed by atoms with Gasteiger partial charge in [-0.2, -0.15) is 8.78 Å². The Morgan fingerprint density at radius 2 is 1.83 bits per heavy atom. The summed E-state index contributed by atoms with van der Waals surface area (Å²) in [5.41, 5.74) is 0.412. The summed E-state index contributed by atoms with van der Waals surface area (Å²) in [6.45, 7) is -2.29. The number of aliphatic imine (C=N–C) groups is 1. The summed E-state index contributed by atoms with van der Waals surface area (Å²) in [6.07, 6.45) is 0. The Morgan fingerprint density at radius 1 is 1.10 bits per heavy atom. The topological polar surface area (TPSA) is 84.0 Å². The van der Waals surface area contributed by atoms with Crippen LogP contribution in [0.15, 0.2) is 47.5 Å². The minimum Gasteiger partial charge on any atom is -0.497 e. The first-order valence-corrected chi connectivity index (χ1v) is 9.03. The van der Waals surface area contributed by atoms with Gasteiger partial charge in [-0.3, -0.25) is 9.79 Å². The van der Waals surface area contributed by atoms with Crippen molar-refractivity contribution in [3.63, 3.8) is 0 Å². The fourth-order valence-electron chi connectivity index (χ4n) is 2.53. The Kier molecular flexibility index (Phi) is 8.79. The maximum Gasteiger partial charge on any atom is 0.387 e. The van der Waals surface area contributed by atoms with Crippen LogP contribution in [-0.2, 0) is 6.54 Å². The van der Waals surface area contributed by atoms with Crippen LogP contribution in [0.2, 0.25) is 0 Å². The molecule has 0 unspecified atom stereocenters. The van der Waals surface area contributed by atoms with Gasteiger partial charge in [-0.25, -0.2) is 4.39 Å². The fraction of sp³-hybridized carbons (Fsp3) is 0.300. The molecule has 0 aliphatic heterocycles. The van der Waals surface area contributed by atoms with Crippen LogP contribution in [0.25, 0.3) is 0 Å². The van der Waals surface area contributed by atoms with E-state index in [0.717, 1.165) is 0 Å². The molecule has 0 atom stereocenters. The van der Waals surface area contributed by atoms with Crippen LogP contribution in [0.5, 0.6) is 11.5 Å². The van der Waals surface area contributed by atoms with E-state index in [-0.39, 0.29) is 24.4 Å². The first kappa shape index (κ1) is 22.9. The van der Waals surface area contributed by atoms with E-state index in [1.165, 1.54) is 44.5 Å². The summed E-state index contributed by atoms with van der Waals surface area (Å²) < 4.78 is 48.4. The fourth-order valence-corrected chi connectivity index (χ4v) is 2.53. The van der Waals surface area contributed by atoms with E-state index in [2.05, 4.69) is 25.7 Å². The Labute approximate surface area is 172 Å². The lowest BCUT2D eigenvalue weighted by atomic mass is 10.2. The first-order valence-electron chi connectivity index (χ1n) is 9.03. The number of ether oxygens (including phenoxy) is 2. The van der Waals surface area contributed by atoms with Crippen molar-refractivity contribution in [2.24, 2.45) is 4.99 Å². The molecule has 7 nitrogen and oxygen atoms in total. The van der Waals surface area contributed by atoms with Crippen molar-refractivity contribution < 1.29 is 27.4 Å². The minimum absolute atomic E-state index is 0.0194. The van der Waals surface area contributed by atoms with Gasteiger partial charge in [-0.05, 0) is 30.3 Å². The second-order valence-corrected chi connectivity index (χ2v) is 5.94. The number of amides is 1. The second kappa shape index (κ2) is 11.5. The number of methoxy groups -OCH3 is 1. The van der Waals surface area contributed by atoms with Crippen LogP contribution in [0.4, 0.5) is 13.2 Å². The van der Waals surface area contributed by atoms with Crippen molar-refractivity contribution in [1.29, 1.82) is 0 Å². The number of hydrogen-bond donors (Lipinski definition) is 3. The third-order valence-electron chi connectivity index (χ3n) is 3.98. The van der Waals surface area contributed by atoms with Crippen molar-refractivity contribution in [2.45, 2.75) is 13.2 Å². The van der Waals surface area contributed by atoms with Gasteiger partial charge in [0.15, 0.2) is 5.96 Å². The zero-order chi connectivity index (χ0) is 21.9. The zero-order valence-electron chi connectivity index (χ0n) is 16.5. The van der Waals surface area contributed by atoms with E-state index < -0.39 is 18.3 Å². The van der Waals surface area contributed by atoms with Gasteiger partial charge in [0.1, 0.15) is 17.3 Å². The van der Waals surface area contributed by atoms with Gasteiger partial charge in [-0.15, -0.1) is 0 Å². The van der Waals surface area contributed by atoms with Crippen molar-refractivity contribution in [1.82, 2.24) is 16.0 Å². The zero-order valence-corrected chi connectivity index (χ0v) is 16.5. The summed E-state index contributed by atoms with van der Waals surface area (Å²) in [6, 6.07) is 10.2. The molecule has 2 aromatic carbocycles. The Hall–Kier alpha value is -3.43. The molecule has 2 aromatic rings. The molecule has 0 heterocycles. The normalized spacial score (nSPS) is 11.2. The summed E-state index contributed by atoms with van der Waals surface area (Å²) in [7, 11) is 3.01. The highest BCUT2D eigenvalue weighted by Crippen LogP contribution is 2.25. The number of carbonyl (C=O) groups excluding carboxylic acids is 1. The number of guanidine groups is 1. The number of hydrogen-bond acceptors (Lipinski definition) is 4.